The number of amides is 2. The van der Waals surface area contributed by atoms with Crippen molar-refractivity contribution < 1.29 is 14.0 Å². The molecule has 10 nitrogen and oxygen atoms in total. The minimum atomic E-state index is -0.825. The molecule has 2 aromatic heterocycles. The summed E-state index contributed by atoms with van der Waals surface area (Å²) in [7, 11) is 0. The van der Waals surface area contributed by atoms with Gasteiger partial charge in [0.15, 0.2) is 11.5 Å². The van der Waals surface area contributed by atoms with Crippen LogP contribution in [0, 0.1) is 5.82 Å². The molecule has 0 aliphatic carbocycles. The second-order valence-electron chi connectivity index (χ2n) is 6.34. The number of hydrogen-bond acceptors (Lipinski definition) is 7. The fourth-order valence-corrected chi connectivity index (χ4v) is 2.96. The summed E-state index contributed by atoms with van der Waals surface area (Å²) in [5.74, 6) is -1.65. The summed E-state index contributed by atoms with van der Waals surface area (Å²) in [5.41, 5.74) is 12.2. The maximum atomic E-state index is 13.4. The van der Waals surface area contributed by atoms with Crippen molar-refractivity contribution in [2.24, 2.45) is 11.5 Å². The number of nitrogens with two attached hydrogens (primary N) is 2. The first kappa shape index (κ1) is 18.9. The highest BCUT2D eigenvalue weighted by Crippen LogP contribution is 2.26. The molecule has 6 N–H and O–H groups in total. The van der Waals surface area contributed by atoms with Crippen molar-refractivity contribution in [3.8, 4) is 11.5 Å². The topological polar surface area (TPSA) is 166 Å². The van der Waals surface area contributed by atoms with E-state index >= 15 is 0 Å². The molecular formula is C19H15FN8O2. The van der Waals surface area contributed by atoms with Crippen LogP contribution < -0.4 is 16.8 Å². The standard InChI is InChI=1S/C19H15FN8O2/c20-10-4-1-3-9(7-10)8-23-18-15(17(22)30)27-28-19(24-18)14-11-5-2-6-12(16(21)29)13(11)25-26-14/h1-7H,8H2,(H2,21,29)(H2,22,30)(H,25,26)(H,23,24,28). The monoisotopic (exact) mass is 406 g/mol. The third-order valence-corrected chi connectivity index (χ3v) is 4.34. The lowest BCUT2D eigenvalue weighted by atomic mass is 10.1. The van der Waals surface area contributed by atoms with E-state index in [1.807, 2.05) is 0 Å². The van der Waals surface area contributed by atoms with Crippen molar-refractivity contribution in [3.63, 3.8) is 0 Å². The number of nitrogens with one attached hydrogen (secondary N) is 2. The quantitative estimate of drug-likeness (QED) is 0.375. The summed E-state index contributed by atoms with van der Waals surface area (Å²) in [6.07, 6.45) is 0. The highest BCUT2D eigenvalue weighted by atomic mass is 19.1. The van der Waals surface area contributed by atoms with Crippen molar-refractivity contribution in [1.82, 2.24) is 25.4 Å². The van der Waals surface area contributed by atoms with Gasteiger partial charge in [0.25, 0.3) is 11.8 Å². The molecule has 0 saturated carbocycles. The summed E-state index contributed by atoms with van der Waals surface area (Å²) in [4.78, 5) is 27.7. The highest BCUT2D eigenvalue weighted by Gasteiger charge is 2.19. The largest absolute Gasteiger partial charge is 0.366 e. The maximum Gasteiger partial charge on any atom is 0.273 e. The zero-order valence-electron chi connectivity index (χ0n) is 15.4. The normalized spacial score (nSPS) is 10.8. The SMILES string of the molecule is NC(=O)c1nnc(-c2[nH]nc3c(C(N)=O)cccc23)nc1NCc1cccc(F)c1. The number of para-hydroxylation sites is 1. The van der Waals surface area contributed by atoms with Crippen molar-refractivity contribution in [2.75, 3.05) is 5.32 Å². The van der Waals surface area contributed by atoms with E-state index in [1.54, 1.807) is 30.3 Å². The molecule has 150 valence electrons. The van der Waals surface area contributed by atoms with E-state index in [2.05, 4.69) is 30.7 Å². The zero-order chi connectivity index (χ0) is 21.3. The molecule has 0 fully saturated rings. The first-order chi connectivity index (χ1) is 14.4. The Morgan fingerprint density at radius 3 is 2.60 bits per heavy atom. The Kier molecular flexibility index (Phi) is 4.76. The van der Waals surface area contributed by atoms with Gasteiger partial charge in [-0.25, -0.2) is 9.37 Å². The van der Waals surface area contributed by atoms with Gasteiger partial charge in [0, 0.05) is 11.9 Å². The number of carbonyl (C=O) groups excluding carboxylic acids is 2. The minimum absolute atomic E-state index is 0.0746. The van der Waals surface area contributed by atoms with Crippen LogP contribution in [0.25, 0.3) is 22.4 Å². The molecule has 4 aromatic rings. The summed E-state index contributed by atoms with van der Waals surface area (Å²) in [6.45, 7) is 0.172. The number of nitrogens with zero attached hydrogens (tertiary/aromatic N) is 4. The number of fused-ring (bicyclic) bond motifs is 1. The molecule has 2 heterocycles. The molecule has 0 aliphatic rings. The molecule has 11 heteroatoms. The van der Waals surface area contributed by atoms with Crippen molar-refractivity contribution in [2.45, 2.75) is 6.54 Å². The van der Waals surface area contributed by atoms with Crippen LogP contribution in [-0.4, -0.2) is 37.2 Å². The molecule has 2 amide bonds. The average Bonchev–Trinajstić information content (AvgIpc) is 3.16. The second-order valence-corrected chi connectivity index (χ2v) is 6.34. The molecule has 4 rings (SSSR count). The van der Waals surface area contributed by atoms with E-state index in [0.29, 0.717) is 22.2 Å². The van der Waals surface area contributed by atoms with Gasteiger partial charge in [0.1, 0.15) is 17.0 Å². The Bertz CT molecular complexity index is 1290. The van der Waals surface area contributed by atoms with Gasteiger partial charge in [-0.15, -0.1) is 10.2 Å². The van der Waals surface area contributed by atoms with Gasteiger partial charge in [-0.05, 0) is 23.8 Å². The van der Waals surface area contributed by atoms with Gasteiger partial charge < -0.3 is 16.8 Å². The van der Waals surface area contributed by atoms with Crippen molar-refractivity contribution in [1.29, 1.82) is 0 Å². The molecule has 30 heavy (non-hydrogen) atoms. The predicted molar refractivity (Wildman–Crippen MR) is 106 cm³/mol. The summed E-state index contributed by atoms with van der Waals surface area (Å²) >= 11 is 0. The number of halogens is 1. The van der Waals surface area contributed by atoms with E-state index in [0.717, 1.165) is 0 Å². The Morgan fingerprint density at radius 1 is 1.07 bits per heavy atom. The molecule has 0 saturated heterocycles. The predicted octanol–water partition coefficient (Wildman–Crippen LogP) is 1.36. The van der Waals surface area contributed by atoms with E-state index in [1.165, 1.54) is 12.1 Å². The number of rotatable bonds is 6. The molecule has 0 radical (unpaired) electrons. The van der Waals surface area contributed by atoms with Crippen LogP contribution in [0.2, 0.25) is 0 Å². The summed E-state index contributed by atoms with van der Waals surface area (Å²) < 4.78 is 13.4. The van der Waals surface area contributed by atoms with Crippen LogP contribution in [0.15, 0.2) is 42.5 Å². The Hall–Kier alpha value is -4.41. The Labute approximate surface area is 168 Å². The molecule has 2 aromatic carbocycles. The molecule has 0 aliphatic heterocycles. The van der Waals surface area contributed by atoms with Crippen molar-refractivity contribution in [3.05, 3.63) is 65.1 Å². The number of H-pyrrole nitrogens is 1. The van der Waals surface area contributed by atoms with E-state index in [4.69, 9.17) is 11.5 Å². The van der Waals surface area contributed by atoms with E-state index < -0.39 is 11.8 Å². The first-order valence-corrected chi connectivity index (χ1v) is 8.74. The molecule has 0 spiro atoms. The van der Waals surface area contributed by atoms with Gasteiger partial charge in [0.05, 0.1) is 5.56 Å². The number of carbonyl (C=O) groups is 2. The maximum absolute atomic E-state index is 13.4. The molecule has 0 atom stereocenters. The van der Waals surface area contributed by atoms with Gasteiger partial charge in [-0.2, -0.15) is 5.10 Å². The van der Waals surface area contributed by atoms with E-state index in [9.17, 15) is 14.0 Å². The molecule has 0 bridgehead atoms. The Balaban J connectivity index is 1.74. The second kappa shape index (κ2) is 7.54. The number of anilines is 1. The average molecular weight is 406 g/mol. The Morgan fingerprint density at radius 2 is 1.87 bits per heavy atom. The number of hydrogen-bond donors (Lipinski definition) is 4. The van der Waals surface area contributed by atoms with Crippen LogP contribution in [-0.2, 0) is 6.54 Å². The highest BCUT2D eigenvalue weighted by molar-refractivity contribution is 6.07. The van der Waals surface area contributed by atoms with E-state index in [-0.39, 0.29) is 35.3 Å². The smallest absolute Gasteiger partial charge is 0.273 e. The fraction of sp³-hybridized carbons (Fsp3) is 0.0526. The van der Waals surface area contributed by atoms with Crippen LogP contribution in [0.3, 0.4) is 0 Å². The van der Waals surface area contributed by atoms with Gasteiger partial charge in [-0.3, -0.25) is 14.7 Å². The number of benzene rings is 2. The first-order valence-electron chi connectivity index (χ1n) is 8.74. The van der Waals surface area contributed by atoms with Crippen LogP contribution in [0.4, 0.5) is 10.2 Å². The van der Waals surface area contributed by atoms with Gasteiger partial charge in [-0.1, -0.05) is 24.3 Å². The molecular weight excluding hydrogens is 391 g/mol. The number of primary amides is 2. The fourth-order valence-electron chi connectivity index (χ4n) is 2.96. The number of aromatic amines is 1. The van der Waals surface area contributed by atoms with Gasteiger partial charge in [0.2, 0.25) is 5.82 Å². The zero-order valence-corrected chi connectivity index (χ0v) is 15.4. The summed E-state index contributed by atoms with van der Waals surface area (Å²) in [6, 6.07) is 10.9. The lowest BCUT2D eigenvalue weighted by molar-refractivity contribution is 0.0989. The van der Waals surface area contributed by atoms with Crippen LogP contribution in [0.5, 0.6) is 0 Å². The molecule has 0 unspecified atom stereocenters. The summed E-state index contributed by atoms with van der Waals surface area (Å²) in [5, 5.41) is 18.2. The lowest BCUT2D eigenvalue weighted by Crippen LogP contribution is -2.19. The van der Waals surface area contributed by atoms with Crippen molar-refractivity contribution >= 4 is 28.5 Å². The third-order valence-electron chi connectivity index (χ3n) is 4.34. The van der Waals surface area contributed by atoms with Crippen LogP contribution >= 0.6 is 0 Å². The third kappa shape index (κ3) is 3.51. The number of aromatic nitrogens is 5. The van der Waals surface area contributed by atoms with Crippen LogP contribution in [0.1, 0.15) is 26.4 Å². The van der Waals surface area contributed by atoms with Gasteiger partial charge >= 0.3 is 0 Å². The minimum Gasteiger partial charge on any atom is -0.366 e. The lowest BCUT2D eigenvalue weighted by Gasteiger charge is -2.09.